The maximum atomic E-state index is 13.6. The van der Waals surface area contributed by atoms with E-state index in [0.717, 1.165) is 37.6 Å². The molecule has 1 aliphatic rings. The lowest BCUT2D eigenvalue weighted by molar-refractivity contribution is -0.131. The first-order valence-electron chi connectivity index (χ1n) is 7.11. The van der Waals surface area contributed by atoms with Crippen LogP contribution in [0, 0.1) is 11.7 Å². The zero-order valence-corrected chi connectivity index (χ0v) is 11.8. The Hall–Kier alpha value is -1.72. The molecule has 2 rings (SSSR count). The van der Waals surface area contributed by atoms with Crippen molar-refractivity contribution >= 4 is 12.0 Å². The van der Waals surface area contributed by atoms with E-state index in [9.17, 15) is 14.3 Å². The standard InChI is InChI=1S/C16H20FNO3/c17-15-5-3-12(8-14(15)4-6-16(20)21)9-18-7-1-2-13(10-18)11-19/h3-6,8,13,19H,1-2,7,9-11H2,(H,20,21). The Morgan fingerprint density at radius 1 is 1.48 bits per heavy atom. The highest BCUT2D eigenvalue weighted by molar-refractivity contribution is 5.85. The molecule has 0 spiro atoms. The summed E-state index contributed by atoms with van der Waals surface area (Å²) >= 11 is 0. The number of rotatable bonds is 5. The minimum absolute atomic E-state index is 0.201. The fourth-order valence-electron chi connectivity index (χ4n) is 2.68. The van der Waals surface area contributed by atoms with Gasteiger partial charge in [-0.25, -0.2) is 9.18 Å². The summed E-state index contributed by atoms with van der Waals surface area (Å²) in [5, 5.41) is 17.8. The van der Waals surface area contributed by atoms with Gasteiger partial charge in [0, 0.05) is 31.3 Å². The molecule has 5 heteroatoms. The second kappa shape index (κ2) is 7.33. The summed E-state index contributed by atoms with van der Waals surface area (Å²) in [6.45, 7) is 2.69. The first kappa shape index (κ1) is 15.7. The predicted octanol–water partition coefficient (Wildman–Crippen LogP) is 2.13. The second-order valence-electron chi connectivity index (χ2n) is 5.45. The topological polar surface area (TPSA) is 60.8 Å². The van der Waals surface area contributed by atoms with Gasteiger partial charge in [0.25, 0.3) is 0 Å². The zero-order valence-electron chi connectivity index (χ0n) is 11.8. The summed E-state index contributed by atoms with van der Waals surface area (Å²) in [7, 11) is 0. The van der Waals surface area contributed by atoms with E-state index in [1.807, 2.05) is 0 Å². The summed E-state index contributed by atoms with van der Waals surface area (Å²) in [6, 6.07) is 4.76. The Morgan fingerprint density at radius 3 is 3.00 bits per heavy atom. The van der Waals surface area contributed by atoms with Crippen LogP contribution in [0.4, 0.5) is 4.39 Å². The van der Waals surface area contributed by atoms with Crippen molar-refractivity contribution in [3.63, 3.8) is 0 Å². The van der Waals surface area contributed by atoms with E-state index < -0.39 is 11.8 Å². The van der Waals surface area contributed by atoms with E-state index in [1.165, 1.54) is 12.1 Å². The van der Waals surface area contributed by atoms with Crippen molar-refractivity contribution in [2.24, 2.45) is 5.92 Å². The Balaban J connectivity index is 2.06. The second-order valence-corrected chi connectivity index (χ2v) is 5.45. The first-order valence-corrected chi connectivity index (χ1v) is 7.11. The summed E-state index contributed by atoms with van der Waals surface area (Å²) in [5.74, 6) is -1.21. The zero-order chi connectivity index (χ0) is 15.2. The third kappa shape index (κ3) is 4.65. The predicted molar refractivity (Wildman–Crippen MR) is 78.2 cm³/mol. The minimum Gasteiger partial charge on any atom is -0.478 e. The van der Waals surface area contributed by atoms with Crippen molar-refractivity contribution in [3.8, 4) is 0 Å². The normalized spacial score (nSPS) is 20.0. The molecular formula is C16H20FNO3. The van der Waals surface area contributed by atoms with Gasteiger partial charge in [0.1, 0.15) is 5.82 Å². The lowest BCUT2D eigenvalue weighted by Crippen LogP contribution is -2.36. The van der Waals surface area contributed by atoms with Gasteiger partial charge in [-0.05, 0) is 49.1 Å². The van der Waals surface area contributed by atoms with E-state index in [4.69, 9.17) is 5.11 Å². The van der Waals surface area contributed by atoms with Crippen LogP contribution in [-0.2, 0) is 11.3 Å². The fourth-order valence-corrected chi connectivity index (χ4v) is 2.68. The van der Waals surface area contributed by atoms with Crippen molar-refractivity contribution < 1.29 is 19.4 Å². The third-order valence-corrected chi connectivity index (χ3v) is 3.73. The lowest BCUT2D eigenvalue weighted by atomic mass is 9.98. The first-order chi connectivity index (χ1) is 10.1. The highest BCUT2D eigenvalue weighted by Crippen LogP contribution is 2.19. The van der Waals surface area contributed by atoms with Gasteiger partial charge in [0.05, 0.1) is 0 Å². The number of benzene rings is 1. The van der Waals surface area contributed by atoms with E-state index in [2.05, 4.69) is 4.90 Å². The molecule has 114 valence electrons. The molecule has 0 bridgehead atoms. The molecule has 2 N–H and O–H groups in total. The quantitative estimate of drug-likeness (QED) is 0.817. The van der Waals surface area contributed by atoms with E-state index in [1.54, 1.807) is 12.1 Å². The molecule has 0 saturated carbocycles. The van der Waals surface area contributed by atoms with Crippen molar-refractivity contribution in [2.75, 3.05) is 19.7 Å². The van der Waals surface area contributed by atoms with E-state index >= 15 is 0 Å². The maximum absolute atomic E-state index is 13.6. The Kier molecular flexibility index (Phi) is 5.47. The summed E-state index contributed by atoms with van der Waals surface area (Å²) in [5.41, 5.74) is 1.23. The molecule has 1 saturated heterocycles. The van der Waals surface area contributed by atoms with Crippen LogP contribution in [0.2, 0.25) is 0 Å². The lowest BCUT2D eigenvalue weighted by Gasteiger charge is -2.31. The molecular weight excluding hydrogens is 273 g/mol. The molecule has 1 fully saturated rings. The van der Waals surface area contributed by atoms with Gasteiger partial charge in [-0.3, -0.25) is 4.90 Å². The third-order valence-electron chi connectivity index (χ3n) is 3.73. The van der Waals surface area contributed by atoms with Gasteiger partial charge >= 0.3 is 5.97 Å². The summed E-state index contributed by atoms with van der Waals surface area (Å²) < 4.78 is 13.6. The molecule has 1 aliphatic heterocycles. The number of aliphatic hydroxyl groups excluding tert-OH is 1. The highest BCUT2D eigenvalue weighted by atomic mass is 19.1. The van der Waals surface area contributed by atoms with Crippen LogP contribution in [-0.4, -0.2) is 40.8 Å². The van der Waals surface area contributed by atoms with Gasteiger partial charge < -0.3 is 10.2 Å². The molecule has 1 heterocycles. The molecule has 1 unspecified atom stereocenters. The highest BCUT2D eigenvalue weighted by Gasteiger charge is 2.19. The number of carboxylic acids is 1. The van der Waals surface area contributed by atoms with Gasteiger partial charge in [-0.2, -0.15) is 0 Å². The van der Waals surface area contributed by atoms with Gasteiger partial charge in [0.15, 0.2) is 0 Å². The number of hydrogen-bond donors (Lipinski definition) is 2. The number of aliphatic carboxylic acids is 1. The van der Waals surface area contributed by atoms with Crippen LogP contribution in [0.25, 0.3) is 6.08 Å². The summed E-state index contributed by atoms with van der Waals surface area (Å²) in [4.78, 5) is 12.8. The van der Waals surface area contributed by atoms with Crippen molar-refractivity contribution in [3.05, 3.63) is 41.2 Å². The van der Waals surface area contributed by atoms with Gasteiger partial charge in [-0.15, -0.1) is 0 Å². The molecule has 4 nitrogen and oxygen atoms in total. The van der Waals surface area contributed by atoms with Crippen LogP contribution < -0.4 is 0 Å². The number of halogens is 1. The minimum atomic E-state index is -1.10. The van der Waals surface area contributed by atoms with Crippen molar-refractivity contribution in [1.29, 1.82) is 0 Å². The Bertz CT molecular complexity index is 530. The number of likely N-dealkylation sites (tertiary alicyclic amines) is 1. The Labute approximate surface area is 123 Å². The number of hydrogen-bond acceptors (Lipinski definition) is 3. The molecule has 0 aromatic heterocycles. The monoisotopic (exact) mass is 293 g/mol. The molecule has 1 atom stereocenters. The maximum Gasteiger partial charge on any atom is 0.328 e. The van der Waals surface area contributed by atoms with Crippen LogP contribution in [0.3, 0.4) is 0 Å². The van der Waals surface area contributed by atoms with E-state index in [0.29, 0.717) is 12.5 Å². The van der Waals surface area contributed by atoms with Crippen LogP contribution in [0.5, 0.6) is 0 Å². The largest absolute Gasteiger partial charge is 0.478 e. The summed E-state index contributed by atoms with van der Waals surface area (Å²) in [6.07, 6.45) is 4.31. The molecule has 0 aliphatic carbocycles. The van der Waals surface area contributed by atoms with Crippen LogP contribution in [0.15, 0.2) is 24.3 Å². The number of carbonyl (C=O) groups is 1. The molecule has 0 amide bonds. The van der Waals surface area contributed by atoms with Crippen LogP contribution >= 0.6 is 0 Å². The molecule has 21 heavy (non-hydrogen) atoms. The van der Waals surface area contributed by atoms with Crippen molar-refractivity contribution in [1.82, 2.24) is 4.90 Å². The number of nitrogens with zero attached hydrogens (tertiary/aromatic N) is 1. The molecule has 0 radical (unpaired) electrons. The molecule has 1 aromatic rings. The molecule has 1 aromatic carbocycles. The van der Waals surface area contributed by atoms with Crippen molar-refractivity contribution in [2.45, 2.75) is 19.4 Å². The van der Waals surface area contributed by atoms with Gasteiger partial charge in [-0.1, -0.05) is 6.07 Å². The number of carboxylic acid groups (broad SMARTS) is 1. The fraction of sp³-hybridized carbons (Fsp3) is 0.438. The van der Waals surface area contributed by atoms with Gasteiger partial charge in [0.2, 0.25) is 0 Å². The SMILES string of the molecule is O=C(O)C=Cc1cc(CN2CCCC(CO)C2)ccc1F. The average Bonchev–Trinajstić information content (AvgIpc) is 2.48. The number of aliphatic hydroxyl groups is 1. The number of piperidine rings is 1. The van der Waals surface area contributed by atoms with Crippen LogP contribution in [0.1, 0.15) is 24.0 Å². The average molecular weight is 293 g/mol. The Morgan fingerprint density at radius 2 is 2.29 bits per heavy atom. The van der Waals surface area contributed by atoms with E-state index in [-0.39, 0.29) is 12.2 Å². The smallest absolute Gasteiger partial charge is 0.328 e.